The van der Waals surface area contributed by atoms with Crippen molar-refractivity contribution in [2.75, 3.05) is 4.72 Å². The van der Waals surface area contributed by atoms with E-state index in [0.717, 1.165) is 6.08 Å². The zero-order valence-corrected chi connectivity index (χ0v) is 12.8. The van der Waals surface area contributed by atoms with E-state index in [0.29, 0.717) is 16.3 Å². The Morgan fingerprint density at radius 1 is 1.14 bits per heavy atom. The molecule has 0 amide bonds. The molecule has 0 heterocycles. The molecule has 114 valence electrons. The number of benzene rings is 2. The summed E-state index contributed by atoms with van der Waals surface area (Å²) in [5.41, 5.74) is 0.859. The van der Waals surface area contributed by atoms with Gasteiger partial charge in [-0.1, -0.05) is 23.7 Å². The lowest BCUT2D eigenvalue weighted by Crippen LogP contribution is -2.12. The number of hydrogen-bond donors (Lipinski definition) is 2. The smallest absolute Gasteiger partial charge is 0.328 e. The third kappa shape index (κ3) is 4.34. The van der Waals surface area contributed by atoms with E-state index in [1.165, 1.54) is 24.3 Å². The summed E-state index contributed by atoms with van der Waals surface area (Å²) in [5, 5.41) is 9.10. The summed E-state index contributed by atoms with van der Waals surface area (Å²) in [5.74, 6) is -1.10. The molecule has 7 heteroatoms. The molecule has 0 unspecified atom stereocenters. The summed E-state index contributed by atoms with van der Waals surface area (Å²) in [6.07, 6.45) is 2.27. The number of nitrogens with one attached hydrogen (secondary N) is 1. The van der Waals surface area contributed by atoms with Gasteiger partial charge in [-0.2, -0.15) is 0 Å². The van der Waals surface area contributed by atoms with E-state index in [1.807, 2.05) is 0 Å². The second-order valence-electron chi connectivity index (χ2n) is 4.36. The van der Waals surface area contributed by atoms with E-state index in [-0.39, 0.29) is 4.90 Å². The highest BCUT2D eigenvalue weighted by Crippen LogP contribution is 2.19. The molecule has 2 aromatic carbocycles. The van der Waals surface area contributed by atoms with Gasteiger partial charge in [-0.05, 0) is 48.0 Å². The normalized spacial score (nSPS) is 11.5. The molecule has 0 bridgehead atoms. The molecule has 2 N–H and O–H groups in total. The first-order valence-corrected chi connectivity index (χ1v) is 8.02. The number of hydrogen-bond acceptors (Lipinski definition) is 3. The lowest BCUT2D eigenvalue weighted by atomic mass is 10.2. The van der Waals surface area contributed by atoms with Crippen LogP contribution in [0.3, 0.4) is 0 Å². The quantitative estimate of drug-likeness (QED) is 0.820. The number of carbonyl (C=O) groups is 1. The van der Waals surface area contributed by atoms with E-state index in [9.17, 15) is 13.2 Å². The molecule has 0 spiro atoms. The van der Waals surface area contributed by atoms with Gasteiger partial charge in [0, 0.05) is 16.8 Å². The number of halogens is 1. The van der Waals surface area contributed by atoms with E-state index in [2.05, 4.69) is 4.72 Å². The Kier molecular flexibility index (Phi) is 4.85. The molecule has 2 aromatic rings. The van der Waals surface area contributed by atoms with Crippen molar-refractivity contribution in [1.82, 2.24) is 0 Å². The topological polar surface area (TPSA) is 83.5 Å². The highest BCUT2D eigenvalue weighted by Gasteiger charge is 2.14. The summed E-state index contributed by atoms with van der Waals surface area (Å²) in [7, 11) is -3.76. The van der Waals surface area contributed by atoms with Crippen LogP contribution in [-0.2, 0) is 14.8 Å². The molecular formula is C15H12ClNO4S. The second kappa shape index (κ2) is 6.64. The minimum absolute atomic E-state index is 0.0370. The number of aliphatic carboxylic acids is 1. The number of carboxylic acid groups (broad SMARTS) is 1. The van der Waals surface area contributed by atoms with Crippen molar-refractivity contribution >= 4 is 39.4 Å². The number of rotatable bonds is 5. The molecular weight excluding hydrogens is 326 g/mol. The Labute approximate surface area is 132 Å². The van der Waals surface area contributed by atoms with Crippen LogP contribution < -0.4 is 4.72 Å². The number of sulfonamides is 1. The number of carboxylic acids is 1. The van der Waals surface area contributed by atoms with E-state index in [4.69, 9.17) is 16.7 Å². The Hall–Kier alpha value is -2.31. The fourth-order valence-corrected chi connectivity index (χ4v) is 2.92. The van der Waals surface area contributed by atoms with E-state index < -0.39 is 16.0 Å². The molecule has 0 radical (unpaired) electrons. The molecule has 5 nitrogen and oxygen atoms in total. The van der Waals surface area contributed by atoms with Crippen molar-refractivity contribution in [2.24, 2.45) is 0 Å². The van der Waals surface area contributed by atoms with Gasteiger partial charge in [0.05, 0.1) is 4.90 Å². The van der Waals surface area contributed by atoms with Crippen LogP contribution in [0.25, 0.3) is 6.08 Å². The van der Waals surface area contributed by atoms with Crippen LogP contribution in [0.2, 0.25) is 5.02 Å². The molecule has 0 fully saturated rings. The van der Waals surface area contributed by atoms with Crippen LogP contribution in [-0.4, -0.2) is 19.5 Å². The summed E-state index contributed by atoms with van der Waals surface area (Å²) in [4.78, 5) is 10.5. The highest BCUT2D eigenvalue weighted by molar-refractivity contribution is 7.92. The minimum Gasteiger partial charge on any atom is -0.478 e. The maximum atomic E-state index is 12.3. The molecule has 0 aliphatic carbocycles. The fraction of sp³-hybridized carbons (Fsp3) is 0. The van der Waals surface area contributed by atoms with Gasteiger partial charge in [-0.3, -0.25) is 4.72 Å². The van der Waals surface area contributed by atoms with Crippen LogP contribution in [0.1, 0.15) is 5.56 Å². The van der Waals surface area contributed by atoms with Gasteiger partial charge < -0.3 is 5.11 Å². The van der Waals surface area contributed by atoms with Crippen LogP contribution in [0.5, 0.6) is 0 Å². The van der Waals surface area contributed by atoms with Gasteiger partial charge in [0.2, 0.25) is 0 Å². The lowest BCUT2D eigenvalue weighted by molar-refractivity contribution is -0.131. The molecule has 22 heavy (non-hydrogen) atoms. The van der Waals surface area contributed by atoms with E-state index in [1.54, 1.807) is 30.3 Å². The molecule has 0 aromatic heterocycles. The third-order valence-electron chi connectivity index (χ3n) is 2.68. The zero-order valence-electron chi connectivity index (χ0n) is 11.2. The first-order valence-electron chi connectivity index (χ1n) is 6.16. The summed E-state index contributed by atoms with van der Waals surface area (Å²) in [6, 6.07) is 12.2. The molecule has 0 aliphatic heterocycles. The average Bonchev–Trinajstić information content (AvgIpc) is 2.48. The minimum atomic E-state index is -3.76. The molecule has 0 saturated carbocycles. The summed E-state index contributed by atoms with van der Waals surface area (Å²) < 4.78 is 27.0. The molecule has 0 aliphatic rings. The van der Waals surface area contributed by atoms with Crippen molar-refractivity contribution in [3.63, 3.8) is 0 Å². The lowest BCUT2D eigenvalue weighted by Gasteiger charge is -2.08. The fourth-order valence-electron chi connectivity index (χ4n) is 1.68. The predicted octanol–water partition coefficient (Wildman–Crippen LogP) is 3.24. The Morgan fingerprint density at radius 2 is 1.82 bits per heavy atom. The first kappa shape index (κ1) is 16.1. The van der Waals surface area contributed by atoms with Gasteiger partial charge >= 0.3 is 5.97 Å². The molecule has 0 atom stereocenters. The second-order valence-corrected chi connectivity index (χ2v) is 6.48. The molecule has 0 saturated heterocycles. The van der Waals surface area contributed by atoms with Crippen molar-refractivity contribution in [3.05, 3.63) is 65.2 Å². The van der Waals surface area contributed by atoms with Crippen LogP contribution >= 0.6 is 11.6 Å². The Bertz CT molecular complexity index is 814. The maximum Gasteiger partial charge on any atom is 0.328 e. The van der Waals surface area contributed by atoms with Crippen LogP contribution in [0, 0.1) is 0 Å². The Morgan fingerprint density at radius 3 is 2.45 bits per heavy atom. The van der Waals surface area contributed by atoms with Crippen LogP contribution in [0.4, 0.5) is 5.69 Å². The van der Waals surface area contributed by atoms with Gasteiger partial charge in [0.25, 0.3) is 10.0 Å². The van der Waals surface area contributed by atoms with Crippen molar-refractivity contribution in [1.29, 1.82) is 0 Å². The van der Waals surface area contributed by atoms with Gasteiger partial charge in [-0.15, -0.1) is 0 Å². The van der Waals surface area contributed by atoms with Crippen molar-refractivity contribution in [2.45, 2.75) is 4.90 Å². The van der Waals surface area contributed by atoms with Crippen LogP contribution in [0.15, 0.2) is 59.5 Å². The zero-order chi connectivity index (χ0) is 16.2. The van der Waals surface area contributed by atoms with Gasteiger partial charge in [0.1, 0.15) is 0 Å². The number of anilines is 1. The van der Waals surface area contributed by atoms with Crippen molar-refractivity contribution < 1.29 is 18.3 Å². The van der Waals surface area contributed by atoms with Gasteiger partial charge in [-0.25, -0.2) is 13.2 Å². The highest BCUT2D eigenvalue weighted by atomic mass is 35.5. The van der Waals surface area contributed by atoms with Crippen molar-refractivity contribution in [3.8, 4) is 0 Å². The standard InChI is InChI=1S/C15H12ClNO4S/c16-12-5-7-13(8-6-12)17-22(20,21)14-3-1-2-11(10-14)4-9-15(18)19/h1-10,17H,(H,18,19)/b9-4+. The largest absolute Gasteiger partial charge is 0.478 e. The summed E-state index contributed by atoms with van der Waals surface area (Å²) >= 11 is 5.75. The van der Waals surface area contributed by atoms with Gasteiger partial charge in [0.15, 0.2) is 0 Å². The summed E-state index contributed by atoms with van der Waals surface area (Å²) in [6.45, 7) is 0. The Balaban J connectivity index is 2.27. The first-order chi connectivity index (χ1) is 10.4. The maximum absolute atomic E-state index is 12.3. The van der Waals surface area contributed by atoms with E-state index >= 15 is 0 Å². The SMILES string of the molecule is O=C(O)/C=C/c1cccc(S(=O)(=O)Nc2ccc(Cl)cc2)c1. The third-order valence-corrected chi connectivity index (χ3v) is 4.31. The average molecular weight is 338 g/mol. The predicted molar refractivity (Wildman–Crippen MR) is 85.4 cm³/mol. The molecule has 2 rings (SSSR count). The monoisotopic (exact) mass is 337 g/mol.